The van der Waals surface area contributed by atoms with E-state index in [1.807, 2.05) is 0 Å². The summed E-state index contributed by atoms with van der Waals surface area (Å²) in [7, 11) is 0. The molecular formula is C9H9N3O3. The zero-order valence-electron chi connectivity index (χ0n) is 7.92. The van der Waals surface area contributed by atoms with Crippen LogP contribution in [0.4, 0.5) is 0 Å². The SMILES string of the molecule is C=CCOc1ncnc(OC(=O)C=C)n1. The fraction of sp³-hybridized carbons (Fsp3) is 0.111. The van der Waals surface area contributed by atoms with Crippen molar-refractivity contribution >= 4 is 5.97 Å². The van der Waals surface area contributed by atoms with Crippen LogP contribution in [-0.2, 0) is 4.79 Å². The molecule has 1 heterocycles. The van der Waals surface area contributed by atoms with E-state index in [0.717, 1.165) is 6.08 Å². The maximum absolute atomic E-state index is 10.8. The highest BCUT2D eigenvalue weighted by atomic mass is 16.6. The van der Waals surface area contributed by atoms with Gasteiger partial charge in [0, 0.05) is 6.08 Å². The number of rotatable bonds is 5. The summed E-state index contributed by atoms with van der Waals surface area (Å²) in [4.78, 5) is 21.8. The van der Waals surface area contributed by atoms with Crippen LogP contribution in [0.1, 0.15) is 0 Å². The van der Waals surface area contributed by atoms with Crippen LogP contribution in [0.15, 0.2) is 31.6 Å². The summed E-state index contributed by atoms with van der Waals surface area (Å²) in [6.45, 7) is 6.97. The maximum atomic E-state index is 10.8. The van der Waals surface area contributed by atoms with Crippen LogP contribution in [0.5, 0.6) is 12.0 Å². The first-order chi connectivity index (χ1) is 7.26. The Kier molecular flexibility index (Phi) is 3.96. The quantitative estimate of drug-likeness (QED) is 0.398. The first-order valence-corrected chi connectivity index (χ1v) is 4.03. The average molecular weight is 207 g/mol. The van der Waals surface area contributed by atoms with Crippen LogP contribution in [0.2, 0.25) is 0 Å². The third kappa shape index (κ3) is 3.55. The van der Waals surface area contributed by atoms with E-state index in [1.54, 1.807) is 6.08 Å². The summed E-state index contributed by atoms with van der Waals surface area (Å²) in [5.74, 6) is -0.643. The second kappa shape index (κ2) is 5.48. The minimum absolute atomic E-state index is 0.0664. The zero-order valence-corrected chi connectivity index (χ0v) is 7.92. The summed E-state index contributed by atoms with van der Waals surface area (Å²) in [5.41, 5.74) is 0. The highest BCUT2D eigenvalue weighted by Gasteiger charge is 2.05. The van der Waals surface area contributed by atoms with Crippen molar-refractivity contribution in [3.8, 4) is 12.0 Å². The monoisotopic (exact) mass is 207 g/mol. The van der Waals surface area contributed by atoms with Crippen molar-refractivity contribution in [1.29, 1.82) is 0 Å². The highest BCUT2D eigenvalue weighted by molar-refractivity contribution is 5.82. The van der Waals surface area contributed by atoms with E-state index in [0.29, 0.717) is 0 Å². The Labute approximate surface area is 86.3 Å². The number of nitrogens with zero attached hydrogens (tertiary/aromatic N) is 3. The van der Waals surface area contributed by atoms with Gasteiger partial charge in [0.1, 0.15) is 12.9 Å². The van der Waals surface area contributed by atoms with Crippen molar-refractivity contribution in [3.05, 3.63) is 31.6 Å². The number of esters is 1. The molecule has 1 aromatic rings. The lowest BCUT2D eigenvalue weighted by Crippen LogP contribution is -2.08. The second-order valence-corrected chi connectivity index (χ2v) is 2.28. The largest absolute Gasteiger partial charge is 0.459 e. The summed E-state index contributed by atoms with van der Waals surface area (Å²) in [5, 5.41) is 0. The predicted octanol–water partition coefficient (Wildman–Crippen LogP) is 0.528. The van der Waals surface area contributed by atoms with Gasteiger partial charge in [-0.2, -0.15) is 9.97 Å². The first-order valence-electron chi connectivity index (χ1n) is 4.03. The van der Waals surface area contributed by atoms with Crippen LogP contribution in [0.25, 0.3) is 0 Å². The molecule has 0 N–H and O–H groups in total. The van der Waals surface area contributed by atoms with Crippen LogP contribution in [-0.4, -0.2) is 27.5 Å². The third-order valence-electron chi connectivity index (χ3n) is 1.22. The number of ether oxygens (including phenoxy) is 2. The van der Waals surface area contributed by atoms with Gasteiger partial charge in [-0.1, -0.05) is 19.2 Å². The van der Waals surface area contributed by atoms with Gasteiger partial charge in [-0.25, -0.2) is 4.79 Å². The third-order valence-corrected chi connectivity index (χ3v) is 1.22. The van der Waals surface area contributed by atoms with Gasteiger partial charge in [-0.05, 0) is 0 Å². The Morgan fingerprint density at radius 1 is 1.40 bits per heavy atom. The molecule has 0 aliphatic heterocycles. The Hall–Kier alpha value is -2.24. The lowest BCUT2D eigenvalue weighted by molar-refractivity contribution is -0.129. The van der Waals surface area contributed by atoms with Gasteiger partial charge in [0.2, 0.25) is 0 Å². The van der Waals surface area contributed by atoms with Crippen molar-refractivity contribution < 1.29 is 14.3 Å². The average Bonchev–Trinajstić information content (AvgIpc) is 2.26. The zero-order chi connectivity index (χ0) is 11.1. The molecular weight excluding hydrogens is 198 g/mol. The number of carbonyl (C=O) groups excluding carboxylic acids is 1. The first kappa shape index (κ1) is 10.8. The molecule has 0 saturated carbocycles. The van der Waals surface area contributed by atoms with Gasteiger partial charge in [-0.3, -0.25) is 0 Å². The molecule has 6 heteroatoms. The normalized spacial score (nSPS) is 9.07. The minimum Gasteiger partial charge on any atom is -0.459 e. The number of hydrogen-bond donors (Lipinski definition) is 0. The molecule has 0 saturated heterocycles. The predicted molar refractivity (Wildman–Crippen MR) is 51.4 cm³/mol. The number of aromatic nitrogens is 3. The Balaban J connectivity index is 2.69. The molecule has 1 aromatic heterocycles. The van der Waals surface area contributed by atoms with Crippen LogP contribution in [0.3, 0.4) is 0 Å². The van der Waals surface area contributed by atoms with Gasteiger partial charge < -0.3 is 9.47 Å². The van der Waals surface area contributed by atoms with Crippen molar-refractivity contribution in [2.75, 3.05) is 6.61 Å². The van der Waals surface area contributed by atoms with E-state index in [-0.39, 0.29) is 18.6 Å². The fourth-order valence-electron chi connectivity index (χ4n) is 0.651. The van der Waals surface area contributed by atoms with Gasteiger partial charge >= 0.3 is 18.0 Å². The fourth-order valence-corrected chi connectivity index (χ4v) is 0.651. The molecule has 15 heavy (non-hydrogen) atoms. The molecule has 0 atom stereocenters. The number of hydrogen-bond acceptors (Lipinski definition) is 6. The van der Waals surface area contributed by atoms with Crippen LogP contribution >= 0.6 is 0 Å². The van der Waals surface area contributed by atoms with Gasteiger partial charge in [-0.15, -0.1) is 4.98 Å². The van der Waals surface area contributed by atoms with E-state index < -0.39 is 5.97 Å². The highest BCUT2D eigenvalue weighted by Crippen LogP contribution is 2.06. The minimum atomic E-state index is -0.643. The molecule has 0 fully saturated rings. The number of carbonyl (C=O) groups is 1. The van der Waals surface area contributed by atoms with Crippen molar-refractivity contribution in [1.82, 2.24) is 15.0 Å². The van der Waals surface area contributed by atoms with E-state index in [1.165, 1.54) is 6.33 Å². The van der Waals surface area contributed by atoms with Crippen molar-refractivity contribution in [2.45, 2.75) is 0 Å². The van der Waals surface area contributed by atoms with Crippen LogP contribution in [0, 0.1) is 0 Å². The van der Waals surface area contributed by atoms with Crippen LogP contribution < -0.4 is 9.47 Å². The molecule has 6 nitrogen and oxygen atoms in total. The molecule has 0 amide bonds. The summed E-state index contributed by atoms with van der Waals surface area (Å²) < 4.78 is 9.67. The van der Waals surface area contributed by atoms with Gasteiger partial charge in [0.05, 0.1) is 0 Å². The summed E-state index contributed by atoms with van der Waals surface area (Å²) in [6.07, 6.45) is 3.73. The molecule has 0 aromatic carbocycles. The molecule has 0 bridgehead atoms. The van der Waals surface area contributed by atoms with E-state index in [9.17, 15) is 4.79 Å². The lowest BCUT2D eigenvalue weighted by Gasteiger charge is -2.01. The molecule has 1 rings (SSSR count). The maximum Gasteiger partial charge on any atom is 0.337 e. The Bertz CT molecular complexity index is 379. The molecule has 0 unspecified atom stereocenters. The lowest BCUT2D eigenvalue weighted by atomic mass is 10.7. The molecule has 0 aliphatic rings. The topological polar surface area (TPSA) is 74.2 Å². The van der Waals surface area contributed by atoms with Crippen molar-refractivity contribution in [2.24, 2.45) is 0 Å². The standard InChI is InChI=1S/C9H9N3O3/c1-3-5-14-8-10-6-11-9(12-8)15-7(13)4-2/h3-4,6H,1-2,5H2. The Morgan fingerprint density at radius 3 is 2.80 bits per heavy atom. The molecule has 78 valence electrons. The van der Waals surface area contributed by atoms with E-state index in [4.69, 9.17) is 4.74 Å². The van der Waals surface area contributed by atoms with E-state index >= 15 is 0 Å². The Morgan fingerprint density at radius 2 is 2.13 bits per heavy atom. The van der Waals surface area contributed by atoms with Gasteiger partial charge in [0.25, 0.3) is 0 Å². The molecule has 0 radical (unpaired) electrons. The smallest absolute Gasteiger partial charge is 0.337 e. The van der Waals surface area contributed by atoms with Crippen molar-refractivity contribution in [3.63, 3.8) is 0 Å². The second-order valence-electron chi connectivity index (χ2n) is 2.28. The van der Waals surface area contributed by atoms with E-state index in [2.05, 4.69) is 32.8 Å². The molecule has 0 spiro atoms. The summed E-state index contributed by atoms with van der Waals surface area (Å²) >= 11 is 0. The van der Waals surface area contributed by atoms with Gasteiger partial charge in [0.15, 0.2) is 0 Å². The molecule has 0 aliphatic carbocycles. The summed E-state index contributed by atoms with van der Waals surface area (Å²) in [6, 6.07) is -0.0641.